The molecule has 2 aliphatic heterocycles. The first-order valence-corrected chi connectivity index (χ1v) is 10.7. The number of carbonyl (C=O) groups excluding carboxylic acids is 1. The van der Waals surface area contributed by atoms with Gasteiger partial charge in [-0.15, -0.1) is 0 Å². The molecule has 31 heavy (non-hydrogen) atoms. The summed E-state index contributed by atoms with van der Waals surface area (Å²) in [7, 11) is 0. The number of rotatable bonds is 8. The third-order valence-corrected chi connectivity index (χ3v) is 5.88. The molecule has 0 aliphatic carbocycles. The van der Waals surface area contributed by atoms with Crippen LogP contribution in [0.1, 0.15) is 18.6 Å². The molecule has 0 unspecified atom stereocenters. The van der Waals surface area contributed by atoms with Gasteiger partial charge in [-0.3, -0.25) is 24.7 Å². The maximum atomic E-state index is 13.0. The molecule has 0 spiro atoms. The number of nitro groups is 1. The molecular weight excluding hydrogens is 398 g/mol. The average molecular weight is 430 g/mol. The predicted molar refractivity (Wildman–Crippen MR) is 118 cm³/mol. The maximum Gasteiger partial charge on any atom is 0.433 e. The van der Waals surface area contributed by atoms with Gasteiger partial charge < -0.3 is 15.1 Å². The van der Waals surface area contributed by atoms with E-state index in [-0.39, 0.29) is 17.7 Å². The molecule has 0 aromatic carbocycles. The summed E-state index contributed by atoms with van der Waals surface area (Å²) in [4.78, 5) is 29.7. The number of piperazine rings is 1. The summed E-state index contributed by atoms with van der Waals surface area (Å²) in [5, 5.41) is 10.7. The molecule has 0 bridgehead atoms. The predicted octanol–water partition coefficient (Wildman–Crippen LogP) is 2.13. The lowest BCUT2D eigenvalue weighted by molar-refractivity contribution is -0.402. The topological polar surface area (TPSA) is 109 Å². The average Bonchev–Trinajstić information content (AvgIpc) is 3.24. The Bertz CT molecular complexity index is 831. The van der Waals surface area contributed by atoms with Crippen LogP contribution in [0.15, 0.2) is 53.1 Å². The van der Waals surface area contributed by atoms with Crippen LogP contribution in [0.4, 0.5) is 5.88 Å². The highest BCUT2D eigenvalue weighted by atomic mass is 16.6. The van der Waals surface area contributed by atoms with Crippen LogP contribution in [0.25, 0.3) is 0 Å². The molecule has 0 radical (unpaired) electrons. The molecule has 3 heterocycles. The summed E-state index contributed by atoms with van der Waals surface area (Å²) in [5.41, 5.74) is 6.63. The Morgan fingerprint density at radius 2 is 1.90 bits per heavy atom. The van der Waals surface area contributed by atoms with E-state index in [4.69, 9.17) is 10.2 Å². The molecule has 9 nitrogen and oxygen atoms in total. The highest BCUT2D eigenvalue weighted by Crippen LogP contribution is 2.22. The third kappa shape index (κ3) is 6.28. The Labute approximate surface area is 182 Å². The Balaban J connectivity index is 1.42. The molecule has 2 N–H and O–H groups in total. The molecule has 1 amide bonds. The first kappa shape index (κ1) is 22.8. The van der Waals surface area contributed by atoms with Crippen molar-refractivity contribution in [3.8, 4) is 0 Å². The summed E-state index contributed by atoms with van der Waals surface area (Å²) < 4.78 is 5.24. The monoisotopic (exact) mass is 429 g/mol. The number of carbonyl (C=O) groups is 1. The van der Waals surface area contributed by atoms with Gasteiger partial charge in [0, 0.05) is 38.6 Å². The van der Waals surface area contributed by atoms with E-state index in [1.807, 2.05) is 17.1 Å². The van der Waals surface area contributed by atoms with Gasteiger partial charge in [0.05, 0.1) is 12.6 Å². The standard InChI is InChI=1S/C22H31N5O4/c1-2-3-18(6-9-23)16-24-10-7-19(8-11-24)22(28)26-14-12-25(13-15-26)17-20-4-5-21(31-20)27(29)30/h2-6,9,19H,1,7-8,10-17,23H2/b9-6-,18-3+. The summed E-state index contributed by atoms with van der Waals surface area (Å²) in [5.74, 6) is 0.665. The van der Waals surface area contributed by atoms with Gasteiger partial charge in [-0.1, -0.05) is 18.7 Å². The van der Waals surface area contributed by atoms with E-state index >= 15 is 0 Å². The van der Waals surface area contributed by atoms with Crippen molar-refractivity contribution in [2.24, 2.45) is 11.7 Å². The van der Waals surface area contributed by atoms with E-state index in [0.717, 1.165) is 51.1 Å². The lowest BCUT2D eigenvalue weighted by atomic mass is 9.94. The fourth-order valence-corrected chi connectivity index (χ4v) is 4.19. The van der Waals surface area contributed by atoms with Crippen molar-refractivity contribution < 1.29 is 14.1 Å². The number of allylic oxidation sites excluding steroid dienone is 2. The quantitative estimate of drug-likeness (QED) is 0.383. The molecule has 2 saturated heterocycles. The van der Waals surface area contributed by atoms with Crippen LogP contribution in [0.3, 0.4) is 0 Å². The first-order chi connectivity index (χ1) is 15.0. The molecule has 2 fully saturated rings. The van der Waals surface area contributed by atoms with Crippen LogP contribution in [0, 0.1) is 16.0 Å². The second-order valence-corrected chi connectivity index (χ2v) is 7.99. The van der Waals surface area contributed by atoms with E-state index in [2.05, 4.69) is 16.4 Å². The van der Waals surface area contributed by atoms with Crippen molar-refractivity contribution in [1.82, 2.24) is 14.7 Å². The normalized spacial score (nSPS) is 19.7. The molecule has 0 saturated carbocycles. The van der Waals surface area contributed by atoms with Crippen LogP contribution in [0.2, 0.25) is 0 Å². The van der Waals surface area contributed by atoms with Crippen molar-refractivity contribution in [3.05, 3.63) is 64.6 Å². The SMILES string of the molecule is C=C/C=C(\C=C/N)CN1CCC(C(=O)N2CCN(Cc3ccc([N+](=O)[O-])o3)CC2)CC1. The van der Waals surface area contributed by atoms with E-state index in [0.29, 0.717) is 25.4 Å². The van der Waals surface area contributed by atoms with Gasteiger partial charge in [-0.05, 0) is 49.8 Å². The van der Waals surface area contributed by atoms with Crippen molar-refractivity contribution in [1.29, 1.82) is 0 Å². The van der Waals surface area contributed by atoms with E-state index < -0.39 is 4.92 Å². The minimum absolute atomic E-state index is 0.0763. The molecule has 1 aromatic rings. The smallest absolute Gasteiger partial charge is 0.405 e. The molecule has 1 aromatic heterocycles. The van der Waals surface area contributed by atoms with Gasteiger partial charge in [0.25, 0.3) is 0 Å². The lowest BCUT2D eigenvalue weighted by Gasteiger charge is -2.38. The Kier molecular flexibility index (Phi) is 8.02. The highest BCUT2D eigenvalue weighted by Gasteiger charge is 2.30. The number of likely N-dealkylation sites (tertiary alicyclic amines) is 1. The number of nitrogens with zero attached hydrogens (tertiary/aromatic N) is 4. The van der Waals surface area contributed by atoms with Crippen LogP contribution >= 0.6 is 0 Å². The molecule has 2 aliphatic rings. The summed E-state index contributed by atoms with van der Waals surface area (Å²) >= 11 is 0. The second-order valence-electron chi connectivity index (χ2n) is 7.99. The van der Waals surface area contributed by atoms with Crippen LogP contribution < -0.4 is 5.73 Å². The van der Waals surface area contributed by atoms with Crippen molar-refractivity contribution in [3.63, 3.8) is 0 Å². The molecule has 3 rings (SSSR count). The molecular formula is C22H31N5O4. The Hall–Kier alpha value is -2.91. The maximum absolute atomic E-state index is 13.0. The van der Waals surface area contributed by atoms with Crippen LogP contribution in [-0.4, -0.2) is 71.3 Å². The number of nitrogens with two attached hydrogens (primary N) is 1. The van der Waals surface area contributed by atoms with Crippen molar-refractivity contribution in [2.75, 3.05) is 45.8 Å². The van der Waals surface area contributed by atoms with E-state index in [9.17, 15) is 14.9 Å². The second kappa shape index (κ2) is 10.9. The van der Waals surface area contributed by atoms with Gasteiger partial charge in [0.1, 0.15) is 10.7 Å². The Morgan fingerprint density at radius 1 is 1.19 bits per heavy atom. The first-order valence-electron chi connectivity index (χ1n) is 10.7. The highest BCUT2D eigenvalue weighted by molar-refractivity contribution is 5.79. The number of piperidine rings is 1. The zero-order chi connectivity index (χ0) is 22.2. The van der Waals surface area contributed by atoms with Crippen molar-refractivity contribution in [2.45, 2.75) is 19.4 Å². The van der Waals surface area contributed by atoms with Gasteiger partial charge in [0.15, 0.2) is 0 Å². The fourth-order valence-electron chi connectivity index (χ4n) is 4.19. The number of hydrogen-bond acceptors (Lipinski definition) is 7. The number of amides is 1. The van der Waals surface area contributed by atoms with Crippen molar-refractivity contribution >= 4 is 11.8 Å². The Morgan fingerprint density at radius 3 is 2.48 bits per heavy atom. The van der Waals surface area contributed by atoms with Gasteiger partial charge in [0.2, 0.25) is 5.91 Å². The minimum atomic E-state index is -0.531. The van der Waals surface area contributed by atoms with Gasteiger partial charge in [-0.25, -0.2) is 0 Å². The summed E-state index contributed by atoms with van der Waals surface area (Å²) in [6, 6.07) is 3.02. The van der Waals surface area contributed by atoms with E-state index in [1.54, 1.807) is 18.3 Å². The largest absolute Gasteiger partial charge is 0.433 e. The van der Waals surface area contributed by atoms with Crippen LogP contribution in [0.5, 0.6) is 0 Å². The third-order valence-electron chi connectivity index (χ3n) is 5.88. The number of furan rings is 1. The molecule has 9 heteroatoms. The van der Waals surface area contributed by atoms with Gasteiger partial charge >= 0.3 is 5.88 Å². The van der Waals surface area contributed by atoms with E-state index in [1.165, 1.54) is 6.07 Å². The zero-order valence-electron chi connectivity index (χ0n) is 17.8. The molecule has 0 atom stereocenters. The lowest BCUT2D eigenvalue weighted by Crippen LogP contribution is -2.51. The summed E-state index contributed by atoms with van der Waals surface area (Å²) in [6.45, 7) is 9.68. The fraction of sp³-hybridized carbons (Fsp3) is 0.500. The molecule has 168 valence electrons. The summed E-state index contributed by atoms with van der Waals surface area (Å²) in [6.07, 6.45) is 8.88. The number of hydrogen-bond donors (Lipinski definition) is 1. The van der Waals surface area contributed by atoms with Gasteiger partial charge in [-0.2, -0.15) is 0 Å². The zero-order valence-corrected chi connectivity index (χ0v) is 17.8. The van der Waals surface area contributed by atoms with Crippen LogP contribution in [-0.2, 0) is 11.3 Å². The minimum Gasteiger partial charge on any atom is -0.405 e.